The van der Waals surface area contributed by atoms with Crippen molar-refractivity contribution in [3.8, 4) is 0 Å². The van der Waals surface area contributed by atoms with Gasteiger partial charge in [-0.2, -0.15) is 5.10 Å². The van der Waals surface area contributed by atoms with Crippen molar-refractivity contribution in [1.82, 2.24) is 14.8 Å². The predicted octanol–water partition coefficient (Wildman–Crippen LogP) is 2.88. The van der Waals surface area contributed by atoms with E-state index in [0.29, 0.717) is 11.8 Å². The minimum Gasteiger partial charge on any atom is -0.330 e. The lowest BCUT2D eigenvalue weighted by atomic mass is 9.69. The van der Waals surface area contributed by atoms with Gasteiger partial charge in [0.05, 0.1) is 0 Å². The molecule has 0 radical (unpaired) electrons. The zero-order valence-corrected chi connectivity index (χ0v) is 13.3. The van der Waals surface area contributed by atoms with Crippen molar-refractivity contribution in [1.29, 1.82) is 0 Å². The van der Waals surface area contributed by atoms with Crippen LogP contribution in [0, 0.1) is 23.7 Å². The van der Waals surface area contributed by atoms with E-state index < -0.39 is 0 Å². The standard InChI is InChI=1S/C16H30N4/c1-4-7-20-16(18-11-19-20)9-15-8-13(12(2)3)5-6-14(15)10-17/h11-15H,4-10,17H2,1-3H3. The summed E-state index contributed by atoms with van der Waals surface area (Å²) in [5.74, 6) is 4.13. The molecule has 0 saturated heterocycles. The second-order valence-electron chi connectivity index (χ2n) is 6.68. The number of rotatable bonds is 6. The molecule has 4 nitrogen and oxygen atoms in total. The average molecular weight is 278 g/mol. The van der Waals surface area contributed by atoms with Gasteiger partial charge in [-0.1, -0.05) is 20.8 Å². The highest BCUT2D eigenvalue weighted by atomic mass is 15.3. The van der Waals surface area contributed by atoms with Gasteiger partial charge >= 0.3 is 0 Å². The first-order chi connectivity index (χ1) is 9.65. The summed E-state index contributed by atoms with van der Waals surface area (Å²) in [6.45, 7) is 8.68. The molecular formula is C16H30N4. The Morgan fingerprint density at radius 2 is 2.15 bits per heavy atom. The van der Waals surface area contributed by atoms with Crippen LogP contribution in [0.3, 0.4) is 0 Å². The molecule has 1 saturated carbocycles. The number of nitrogens with two attached hydrogens (primary N) is 1. The number of hydrogen-bond donors (Lipinski definition) is 1. The molecular weight excluding hydrogens is 248 g/mol. The Kier molecular flexibility index (Phi) is 5.58. The van der Waals surface area contributed by atoms with E-state index in [1.165, 1.54) is 19.3 Å². The van der Waals surface area contributed by atoms with Crippen molar-refractivity contribution in [2.45, 2.75) is 59.4 Å². The Morgan fingerprint density at radius 1 is 1.35 bits per heavy atom. The summed E-state index contributed by atoms with van der Waals surface area (Å²) in [5.41, 5.74) is 6.00. The lowest BCUT2D eigenvalue weighted by Gasteiger charge is -2.37. The lowest BCUT2D eigenvalue weighted by Crippen LogP contribution is -2.33. The van der Waals surface area contributed by atoms with Crippen LogP contribution >= 0.6 is 0 Å². The Labute approximate surface area is 123 Å². The monoisotopic (exact) mass is 278 g/mol. The quantitative estimate of drug-likeness (QED) is 0.870. The van der Waals surface area contributed by atoms with Gasteiger partial charge in [0.15, 0.2) is 0 Å². The number of aryl methyl sites for hydroxylation is 1. The van der Waals surface area contributed by atoms with Crippen molar-refractivity contribution in [3.63, 3.8) is 0 Å². The topological polar surface area (TPSA) is 56.7 Å². The van der Waals surface area contributed by atoms with Gasteiger partial charge < -0.3 is 5.73 Å². The van der Waals surface area contributed by atoms with Crippen molar-refractivity contribution >= 4 is 0 Å². The first-order valence-corrected chi connectivity index (χ1v) is 8.22. The van der Waals surface area contributed by atoms with E-state index in [1.54, 1.807) is 6.33 Å². The fourth-order valence-electron chi connectivity index (χ4n) is 3.61. The predicted molar refractivity (Wildman–Crippen MR) is 82.2 cm³/mol. The molecule has 0 spiro atoms. The van der Waals surface area contributed by atoms with Crippen LogP contribution in [0.5, 0.6) is 0 Å². The van der Waals surface area contributed by atoms with Crippen LogP contribution in [0.1, 0.15) is 52.3 Å². The van der Waals surface area contributed by atoms with Gasteiger partial charge in [0.2, 0.25) is 0 Å². The lowest BCUT2D eigenvalue weighted by molar-refractivity contribution is 0.148. The Balaban J connectivity index is 2.05. The van der Waals surface area contributed by atoms with E-state index in [9.17, 15) is 0 Å². The third kappa shape index (κ3) is 3.60. The Hall–Kier alpha value is -0.900. The summed E-state index contributed by atoms with van der Waals surface area (Å²) < 4.78 is 2.08. The van der Waals surface area contributed by atoms with Crippen molar-refractivity contribution < 1.29 is 0 Å². The van der Waals surface area contributed by atoms with Crippen molar-refractivity contribution in [2.75, 3.05) is 6.54 Å². The molecule has 0 aliphatic heterocycles. The molecule has 3 unspecified atom stereocenters. The fraction of sp³-hybridized carbons (Fsp3) is 0.875. The Morgan fingerprint density at radius 3 is 2.80 bits per heavy atom. The van der Waals surface area contributed by atoms with Crippen LogP contribution in [0.25, 0.3) is 0 Å². The van der Waals surface area contributed by atoms with Crippen LogP contribution in [0.2, 0.25) is 0 Å². The van der Waals surface area contributed by atoms with Gasteiger partial charge in [-0.05, 0) is 55.9 Å². The molecule has 0 aromatic carbocycles. The van der Waals surface area contributed by atoms with Crippen molar-refractivity contribution in [3.05, 3.63) is 12.2 Å². The second-order valence-corrected chi connectivity index (χ2v) is 6.68. The smallest absolute Gasteiger partial charge is 0.138 e. The van der Waals surface area contributed by atoms with Gasteiger partial charge in [0, 0.05) is 13.0 Å². The first kappa shape index (κ1) is 15.5. The summed E-state index contributed by atoms with van der Waals surface area (Å²) >= 11 is 0. The highest BCUT2D eigenvalue weighted by Crippen LogP contribution is 2.38. The molecule has 2 N–H and O–H groups in total. The second kappa shape index (κ2) is 7.21. The largest absolute Gasteiger partial charge is 0.330 e. The summed E-state index contributed by atoms with van der Waals surface area (Å²) in [6.07, 6.45) is 7.79. The molecule has 1 aromatic rings. The van der Waals surface area contributed by atoms with Crippen LogP contribution in [-0.2, 0) is 13.0 Å². The summed E-state index contributed by atoms with van der Waals surface area (Å²) in [5, 5.41) is 4.35. The highest BCUT2D eigenvalue weighted by Gasteiger charge is 2.31. The van der Waals surface area contributed by atoms with E-state index in [2.05, 4.69) is 35.5 Å². The van der Waals surface area contributed by atoms with E-state index in [0.717, 1.165) is 43.6 Å². The fourth-order valence-corrected chi connectivity index (χ4v) is 3.61. The minimum atomic E-state index is 0.664. The van der Waals surface area contributed by atoms with E-state index in [4.69, 9.17) is 5.73 Å². The summed E-state index contributed by atoms with van der Waals surface area (Å²) in [6, 6.07) is 0. The Bertz CT molecular complexity index is 399. The molecule has 1 aromatic heterocycles. The average Bonchev–Trinajstić information content (AvgIpc) is 2.86. The van der Waals surface area contributed by atoms with E-state index in [1.807, 2.05) is 0 Å². The van der Waals surface area contributed by atoms with E-state index in [-0.39, 0.29) is 0 Å². The maximum Gasteiger partial charge on any atom is 0.138 e. The third-order valence-corrected chi connectivity index (χ3v) is 5.00. The number of nitrogens with zero attached hydrogens (tertiary/aromatic N) is 3. The molecule has 2 rings (SSSR count). The molecule has 1 aliphatic carbocycles. The third-order valence-electron chi connectivity index (χ3n) is 5.00. The van der Waals surface area contributed by atoms with Gasteiger partial charge in [0.25, 0.3) is 0 Å². The van der Waals surface area contributed by atoms with Gasteiger partial charge in [-0.3, -0.25) is 4.68 Å². The summed E-state index contributed by atoms with van der Waals surface area (Å²) in [7, 11) is 0. The zero-order chi connectivity index (χ0) is 14.5. The molecule has 1 heterocycles. The van der Waals surface area contributed by atoms with Gasteiger partial charge in [-0.15, -0.1) is 0 Å². The maximum absolute atomic E-state index is 6.00. The number of hydrogen-bond acceptors (Lipinski definition) is 3. The normalized spacial score (nSPS) is 27.1. The van der Waals surface area contributed by atoms with Crippen LogP contribution in [-0.4, -0.2) is 21.3 Å². The highest BCUT2D eigenvalue weighted by molar-refractivity contribution is 4.92. The number of aromatic nitrogens is 3. The van der Waals surface area contributed by atoms with Crippen LogP contribution in [0.15, 0.2) is 6.33 Å². The van der Waals surface area contributed by atoms with Gasteiger partial charge in [-0.25, -0.2) is 4.98 Å². The van der Waals surface area contributed by atoms with Crippen molar-refractivity contribution in [2.24, 2.45) is 29.4 Å². The zero-order valence-electron chi connectivity index (χ0n) is 13.3. The molecule has 20 heavy (non-hydrogen) atoms. The molecule has 4 heteroatoms. The maximum atomic E-state index is 6.00. The summed E-state index contributed by atoms with van der Waals surface area (Å²) in [4.78, 5) is 4.48. The first-order valence-electron chi connectivity index (χ1n) is 8.22. The van der Waals surface area contributed by atoms with Crippen LogP contribution in [0.4, 0.5) is 0 Å². The molecule has 3 atom stereocenters. The van der Waals surface area contributed by atoms with Crippen LogP contribution < -0.4 is 5.73 Å². The molecule has 114 valence electrons. The molecule has 1 aliphatic rings. The van der Waals surface area contributed by atoms with E-state index >= 15 is 0 Å². The molecule has 1 fully saturated rings. The molecule has 0 amide bonds. The minimum absolute atomic E-state index is 0.664. The van der Waals surface area contributed by atoms with Gasteiger partial charge in [0.1, 0.15) is 12.2 Å². The molecule has 0 bridgehead atoms. The SMILES string of the molecule is CCCn1ncnc1CC1CC(C(C)C)CCC1CN.